The van der Waals surface area contributed by atoms with Crippen LogP contribution in [0, 0.1) is 19.7 Å². The second-order valence-electron chi connectivity index (χ2n) is 3.63. The summed E-state index contributed by atoms with van der Waals surface area (Å²) in [5.74, 6) is 0.369. The highest BCUT2D eigenvalue weighted by Crippen LogP contribution is 2.28. The normalized spacial score (nSPS) is 10.5. The van der Waals surface area contributed by atoms with Gasteiger partial charge in [0.2, 0.25) is 0 Å². The first-order valence-electron chi connectivity index (χ1n) is 5.05. The molecule has 0 bridgehead atoms. The van der Waals surface area contributed by atoms with E-state index in [-0.39, 0.29) is 12.4 Å². The number of aliphatic hydroxyl groups excluding tert-OH is 1. The molecule has 3 heteroatoms. The van der Waals surface area contributed by atoms with Crippen LogP contribution in [-0.2, 0) is 6.42 Å². The molecule has 0 spiro atoms. The van der Waals surface area contributed by atoms with Crippen LogP contribution in [0.5, 0.6) is 5.75 Å². The van der Waals surface area contributed by atoms with Crippen molar-refractivity contribution in [1.82, 2.24) is 0 Å². The van der Waals surface area contributed by atoms with E-state index in [1.165, 1.54) is 6.07 Å². The van der Waals surface area contributed by atoms with Gasteiger partial charge in [0.15, 0.2) is 0 Å². The van der Waals surface area contributed by atoms with Crippen LogP contribution >= 0.6 is 0 Å². The largest absolute Gasteiger partial charge is 0.496 e. The lowest BCUT2D eigenvalue weighted by molar-refractivity contribution is 0.288. The maximum absolute atomic E-state index is 13.5. The third-order valence-corrected chi connectivity index (χ3v) is 2.63. The third kappa shape index (κ3) is 2.48. The number of rotatable bonds is 4. The number of benzene rings is 1. The summed E-state index contributed by atoms with van der Waals surface area (Å²) in [5.41, 5.74) is 2.41. The summed E-state index contributed by atoms with van der Waals surface area (Å²) >= 11 is 0. The number of aryl methyl sites for hydroxylation is 1. The van der Waals surface area contributed by atoms with Crippen molar-refractivity contribution < 1.29 is 14.2 Å². The van der Waals surface area contributed by atoms with Gasteiger partial charge in [0, 0.05) is 12.2 Å². The van der Waals surface area contributed by atoms with Crippen molar-refractivity contribution in [1.29, 1.82) is 0 Å². The van der Waals surface area contributed by atoms with Crippen molar-refractivity contribution >= 4 is 0 Å². The molecule has 0 heterocycles. The summed E-state index contributed by atoms with van der Waals surface area (Å²) in [4.78, 5) is 0. The van der Waals surface area contributed by atoms with Crippen LogP contribution in [0.2, 0.25) is 0 Å². The lowest BCUT2D eigenvalue weighted by atomic mass is 10.00. The molecule has 1 aromatic carbocycles. The molecule has 2 nitrogen and oxygen atoms in total. The minimum Gasteiger partial charge on any atom is -0.496 e. The van der Waals surface area contributed by atoms with Gasteiger partial charge in [-0.25, -0.2) is 4.39 Å². The van der Waals surface area contributed by atoms with Gasteiger partial charge in [-0.2, -0.15) is 0 Å². The fraction of sp³-hybridized carbons (Fsp3) is 0.500. The molecular formula is C12H17FO2. The quantitative estimate of drug-likeness (QED) is 0.830. The summed E-state index contributed by atoms with van der Waals surface area (Å²) in [6.45, 7) is 3.74. The van der Waals surface area contributed by atoms with Gasteiger partial charge >= 0.3 is 0 Å². The monoisotopic (exact) mass is 212 g/mol. The Morgan fingerprint density at radius 3 is 2.53 bits per heavy atom. The third-order valence-electron chi connectivity index (χ3n) is 2.63. The predicted molar refractivity (Wildman–Crippen MR) is 57.8 cm³/mol. The summed E-state index contributed by atoms with van der Waals surface area (Å²) < 4.78 is 18.7. The number of aliphatic hydroxyl groups is 1. The van der Waals surface area contributed by atoms with Crippen LogP contribution in [0.1, 0.15) is 23.1 Å². The predicted octanol–water partition coefficient (Wildman–Crippen LogP) is 2.38. The maximum atomic E-state index is 13.5. The lowest BCUT2D eigenvalue weighted by Crippen LogP contribution is -2.00. The molecule has 1 N–H and O–H groups in total. The minimum atomic E-state index is -0.245. The van der Waals surface area contributed by atoms with Crippen LogP contribution < -0.4 is 4.74 Å². The van der Waals surface area contributed by atoms with E-state index >= 15 is 0 Å². The zero-order chi connectivity index (χ0) is 11.4. The smallest absolute Gasteiger partial charge is 0.130 e. The van der Waals surface area contributed by atoms with Gasteiger partial charge in [-0.15, -0.1) is 0 Å². The molecule has 0 radical (unpaired) electrons. The number of hydrogen-bond donors (Lipinski definition) is 1. The Kier molecular flexibility index (Phi) is 4.09. The zero-order valence-electron chi connectivity index (χ0n) is 9.43. The molecule has 1 rings (SSSR count). The van der Waals surface area contributed by atoms with Gasteiger partial charge in [0.25, 0.3) is 0 Å². The molecule has 0 aliphatic carbocycles. The van der Waals surface area contributed by atoms with E-state index in [1.807, 2.05) is 6.92 Å². The van der Waals surface area contributed by atoms with Gasteiger partial charge in [-0.3, -0.25) is 0 Å². The SMILES string of the molecule is COc1c(C)c(F)cc(CCCO)c1C. The Hall–Kier alpha value is -1.09. The van der Waals surface area contributed by atoms with Gasteiger partial charge < -0.3 is 9.84 Å². The van der Waals surface area contributed by atoms with Gasteiger partial charge in [-0.05, 0) is 43.9 Å². The Bertz CT molecular complexity index is 348. The second kappa shape index (κ2) is 5.12. The van der Waals surface area contributed by atoms with Gasteiger partial charge in [0.1, 0.15) is 11.6 Å². The van der Waals surface area contributed by atoms with Crippen molar-refractivity contribution in [3.63, 3.8) is 0 Å². The van der Waals surface area contributed by atoms with E-state index in [0.717, 1.165) is 11.1 Å². The van der Waals surface area contributed by atoms with E-state index in [9.17, 15) is 4.39 Å². The van der Waals surface area contributed by atoms with Crippen molar-refractivity contribution in [3.05, 3.63) is 28.6 Å². The summed E-state index contributed by atoms with van der Waals surface area (Å²) in [5, 5.41) is 8.74. The molecule has 0 atom stereocenters. The van der Waals surface area contributed by atoms with Crippen molar-refractivity contribution in [2.24, 2.45) is 0 Å². The summed E-state index contributed by atoms with van der Waals surface area (Å²) in [6, 6.07) is 1.53. The molecule has 0 aliphatic rings. The highest BCUT2D eigenvalue weighted by molar-refractivity contribution is 5.46. The molecule has 0 saturated heterocycles. The van der Waals surface area contributed by atoms with Crippen LogP contribution in [-0.4, -0.2) is 18.8 Å². The number of hydrogen-bond acceptors (Lipinski definition) is 2. The number of methoxy groups -OCH3 is 1. The first kappa shape index (κ1) is 12.0. The van der Waals surface area contributed by atoms with Crippen molar-refractivity contribution in [2.75, 3.05) is 13.7 Å². The topological polar surface area (TPSA) is 29.5 Å². The minimum absolute atomic E-state index is 0.122. The van der Waals surface area contributed by atoms with Crippen molar-refractivity contribution in [2.45, 2.75) is 26.7 Å². The average Bonchev–Trinajstić information content (AvgIpc) is 2.22. The van der Waals surface area contributed by atoms with Crippen LogP contribution in [0.25, 0.3) is 0 Å². The number of ether oxygens (including phenoxy) is 1. The van der Waals surface area contributed by atoms with E-state index in [4.69, 9.17) is 9.84 Å². The van der Waals surface area contributed by atoms with Crippen LogP contribution in [0.15, 0.2) is 6.07 Å². The van der Waals surface area contributed by atoms with E-state index < -0.39 is 0 Å². The molecule has 1 aromatic rings. The molecule has 84 valence electrons. The maximum Gasteiger partial charge on any atom is 0.130 e. The Balaban J connectivity index is 3.12. The lowest BCUT2D eigenvalue weighted by Gasteiger charge is -2.13. The molecule has 0 unspecified atom stereocenters. The van der Waals surface area contributed by atoms with Gasteiger partial charge in [0.05, 0.1) is 7.11 Å². The average molecular weight is 212 g/mol. The Labute approximate surface area is 89.7 Å². The van der Waals surface area contributed by atoms with E-state index in [2.05, 4.69) is 0 Å². The fourth-order valence-electron chi connectivity index (χ4n) is 1.74. The molecule has 0 fully saturated rings. The van der Waals surface area contributed by atoms with Crippen LogP contribution in [0.3, 0.4) is 0 Å². The van der Waals surface area contributed by atoms with Crippen LogP contribution in [0.4, 0.5) is 4.39 Å². The van der Waals surface area contributed by atoms with E-state index in [1.54, 1.807) is 14.0 Å². The Morgan fingerprint density at radius 1 is 1.33 bits per heavy atom. The first-order valence-corrected chi connectivity index (χ1v) is 5.05. The van der Waals surface area contributed by atoms with E-state index in [0.29, 0.717) is 24.2 Å². The molecule has 0 amide bonds. The van der Waals surface area contributed by atoms with Crippen molar-refractivity contribution in [3.8, 4) is 5.75 Å². The molecular weight excluding hydrogens is 195 g/mol. The summed E-state index contributed by atoms with van der Waals surface area (Å²) in [6.07, 6.45) is 1.32. The highest BCUT2D eigenvalue weighted by Gasteiger charge is 2.12. The molecule has 15 heavy (non-hydrogen) atoms. The molecule has 0 aromatic heterocycles. The fourth-order valence-corrected chi connectivity index (χ4v) is 1.74. The standard InChI is InChI=1S/C12H17FO2/c1-8-10(5-4-6-14)7-11(13)9(2)12(8)15-3/h7,14H,4-6H2,1-3H3. The molecule has 0 saturated carbocycles. The highest BCUT2D eigenvalue weighted by atomic mass is 19.1. The summed E-state index contributed by atoms with van der Waals surface area (Å²) in [7, 11) is 1.55. The first-order chi connectivity index (χ1) is 7.11. The van der Waals surface area contributed by atoms with Gasteiger partial charge in [-0.1, -0.05) is 0 Å². The number of halogens is 1. The zero-order valence-corrected chi connectivity index (χ0v) is 9.43. The molecule has 0 aliphatic heterocycles. The second-order valence-corrected chi connectivity index (χ2v) is 3.63. The Morgan fingerprint density at radius 2 is 2.00 bits per heavy atom.